The summed E-state index contributed by atoms with van der Waals surface area (Å²) in [6.45, 7) is 2.42. The van der Waals surface area contributed by atoms with E-state index in [1.807, 2.05) is 31.2 Å². The second-order valence-electron chi connectivity index (χ2n) is 2.95. The van der Waals surface area contributed by atoms with Gasteiger partial charge in [-0.05, 0) is 31.2 Å². The minimum atomic E-state index is -0.461. The van der Waals surface area contributed by atoms with Crippen molar-refractivity contribution in [1.82, 2.24) is 15.3 Å². The van der Waals surface area contributed by atoms with E-state index in [4.69, 9.17) is 0 Å². The summed E-state index contributed by atoms with van der Waals surface area (Å²) in [4.78, 5) is 17.9. The molecule has 0 atom stereocenters. The average molecular weight is 218 g/mol. The van der Waals surface area contributed by atoms with Crippen LogP contribution in [-0.4, -0.2) is 22.5 Å². The monoisotopic (exact) mass is 218 g/mol. The molecule has 0 unspecified atom stereocenters. The van der Waals surface area contributed by atoms with Gasteiger partial charge in [-0.3, -0.25) is 0 Å². The standard InChI is InChI=1S/C8H6N2.C3H8N2O/c1-3-7-4-2-6-10-8(7)9-5-1;1-2-5-3(4)6/h1-6H;2H2,1H3,(H3,4,5,6). The predicted octanol–water partition coefficient (Wildman–Crippen LogP) is 1.30. The first kappa shape index (κ1) is 11.9. The van der Waals surface area contributed by atoms with Gasteiger partial charge in [0.2, 0.25) is 0 Å². The van der Waals surface area contributed by atoms with Crippen molar-refractivity contribution in [2.24, 2.45) is 5.73 Å². The van der Waals surface area contributed by atoms with Gasteiger partial charge >= 0.3 is 6.03 Å². The quantitative estimate of drug-likeness (QED) is 0.757. The number of nitrogens with two attached hydrogens (primary N) is 1. The van der Waals surface area contributed by atoms with Gasteiger partial charge in [0.05, 0.1) is 0 Å². The summed E-state index contributed by atoms with van der Waals surface area (Å²) in [6.07, 6.45) is 3.49. The van der Waals surface area contributed by atoms with Crippen molar-refractivity contribution in [3.05, 3.63) is 36.7 Å². The molecule has 2 rings (SSSR count). The van der Waals surface area contributed by atoms with E-state index in [1.54, 1.807) is 12.4 Å². The van der Waals surface area contributed by atoms with Crippen LogP contribution in [0.4, 0.5) is 4.79 Å². The highest BCUT2D eigenvalue weighted by Crippen LogP contribution is 2.04. The molecule has 0 spiro atoms. The Balaban J connectivity index is 0.000000187. The maximum Gasteiger partial charge on any atom is 0.312 e. The van der Waals surface area contributed by atoms with Crippen LogP contribution in [0, 0.1) is 0 Å². The number of primary amides is 1. The summed E-state index contributed by atoms with van der Waals surface area (Å²) in [5, 5.41) is 3.44. The topological polar surface area (TPSA) is 80.9 Å². The number of carbonyl (C=O) groups excluding carboxylic acids is 1. The van der Waals surface area contributed by atoms with E-state index in [0.717, 1.165) is 11.0 Å². The van der Waals surface area contributed by atoms with Crippen LogP contribution in [0.1, 0.15) is 6.92 Å². The SMILES string of the molecule is CCNC(N)=O.c1cnc2ncccc2c1. The number of carbonyl (C=O) groups is 1. The molecule has 16 heavy (non-hydrogen) atoms. The van der Waals surface area contributed by atoms with Gasteiger partial charge in [0.1, 0.15) is 0 Å². The number of aromatic nitrogens is 2. The molecule has 0 fully saturated rings. The molecule has 5 nitrogen and oxygen atoms in total. The lowest BCUT2D eigenvalue weighted by molar-refractivity contribution is 0.249. The summed E-state index contributed by atoms with van der Waals surface area (Å²) in [7, 11) is 0. The average Bonchev–Trinajstić information content (AvgIpc) is 2.30. The molecule has 0 saturated carbocycles. The smallest absolute Gasteiger partial charge is 0.312 e. The normalized spacial score (nSPS) is 9.06. The van der Waals surface area contributed by atoms with Crippen LogP contribution in [0.3, 0.4) is 0 Å². The molecular formula is C11H14N4O. The van der Waals surface area contributed by atoms with Crippen molar-refractivity contribution >= 4 is 17.1 Å². The lowest BCUT2D eigenvalue weighted by Crippen LogP contribution is -2.28. The summed E-state index contributed by atoms with van der Waals surface area (Å²) in [6, 6.07) is 7.34. The zero-order valence-electron chi connectivity index (χ0n) is 9.05. The van der Waals surface area contributed by atoms with Crippen LogP contribution in [0.15, 0.2) is 36.7 Å². The van der Waals surface area contributed by atoms with Gasteiger partial charge < -0.3 is 11.1 Å². The number of hydrogen-bond acceptors (Lipinski definition) is 3. The van der Waals surface area contributed by atoms with E-state index in [-0.39, 0.29) is 0 Å². The lowest BCUT2D eigenvalue weighted by atomic mass is 10.3. The summed E-state index contributed by atoms with van der Waals surface area (Å²) >= 11 is 0. The first-order valence-corrected chi connectivity index (χ1v) is 4.93. The molecule has 0 aliphatic carbocycles. The van der Waals surface area contributed by atoms with Crippen LogP contribution < -0.4 is 11.1 Å². The maximum atomic E-state index is 9.71. The first-order chi connectivity index (χ1) is 7.74. The fourth-order valence-electron chi connectivity index (χ4n) is 1.08. The van der Waals surface area contributed by atoms with Crippen molar-refractivity contribution in [1.29, 1.82) is 0 Å². The summed E-state index contributed by atoms with van der Waals surface area (Å²) in [5.41, 5.74) is 5.46. The van der Waals surface area contributed by atoms with Gasteiger partial charge in [-0.15, -0.1) is 0 Å². The third-order valence-electron chi connectivity index (χ3n) is 1.73. The highest BCUT2D eigenvalue weighted by molar-refractivity contribution is 5.73. The van der Waals surface area contributed by atoms with Crippen molar-refractivity contribution in [3.8, 4) is 0 Å². The van der Waals surface area contributed by atoms with Gasteiger partial charge in [0.25, 0.3) is 0 Å². The fraction of sp³-hybridized carbons (Fsp3) is 0.182. The Kier molecular flexibility index (Phi) is 4.72. The fourth-order valence-corrected chi connectivity index (χ4v) is 1.08. The van der Waals surface area contributed by atoms with Crippen LogP contribution in [0.25, 0.3) is 11.0 Å². The molecule has 2 heterocycles. The third kappa shape index (κ3) is 3.91. The second-order valence-corrected chi connectivity index (χ2v) is 2.95. The molecular weight excluding hydrogens is 204 g/mol. The molecule has 0 aliphatic heterocycles. The van der Waals surface area contributed by atoms with E-state index < -0.39 is 6.03 Å². The summed E-state index contributed by atoms with van der Waals surface area (Å²) in [5.74, 6) is 0. The zero-order valence-corrected chi connectivity index (χ0v) is 9.05. The largest absolute Gasteiger partial charge is 0.352 e. The van der Waals surface area contributed by atoms with Gasteiger partial charge in [0.15, 0.2) is 5.65 Å². The van der Waals surface area contributed by atoms with E-state index in [9.17, 15) is 4.79 Å². The molecule has 5 heteroatoms. The number of hydrogen-bond donors (Lipinski definition) is 2. The molecule has 0 saturated heterocycles. The Morgan fingerprint density at radius 3 is 2.19 bits per heavy atom. The molecule has 2 aromatic heterocycles. The highest BCUT2D eigenvalue weighted by atomic mass is 16.2. The Hall–Kier alpha value is -2.17. The predicted molar refractivity (Wildman–Crippen MR) is 62.8 cm³/mol. The van der Waals surface area contributed by atoms with Crippen molar-refractivity contribution in [3.63, 3.8) is 0 Å². The highest BCUT2D eigenvalue weighted by Gasteiger charge is 1.88. The number of urea groups is 1. The Morgan fingerprint density at radius 2 is 1.88 bits per heavy atom. The van der Waals surface area contributed by atoms with Gasteiger partial charge in [-0.25, -0.2) is 14.8 Å². The molecule has 3 N–H and O–H groups in total. The Morgan fingerprint density at radius 1 is 1.31 bits per heavy atom. The Labute approximate surface area is 93.7 Å². The summed E-state index contributed by atoms with van der Waals surface area (Å²) < 4.78 is 0. The number of rotatable bonds is 1. The van der Waals surface area contributed by atoms with Gasteiger partial charge in [-0.2, -0.15) is 0 Å². The number of nitrogens with zero attached hydrogens (tertiary/aromatic N) is 2. The minimum absolute atomic E-state index is 0.461. The van der Waals surface area contributed by atoms with Crippen molar-refractivity contribution < 1.29 is 4.79 Å². The van der Waals surface area contributed by atoms with E-state index in [2.05, 4.69) is 21.0 Å². The minimum Gasteiger partial charge on any atom is -0.352 e. The maximum absolute atomic E-state index is 9.71. The third-order valence-corrected chi connectivity index (χ3v) is 1.73. The van der Waals surface area contributed by atoms with E-state index in [1.165, 1.54) is 0 Å². The van der Waals surface area contributed by atoms with Crippen LogP contribution in [-0.2, 0) is 0 Å². The molecule has 0 bridgehead atoms. The van der Waals surface area contributed by atoms with Crippen LogP contribution in [0.5, 0.6) is 0 Å². The zero-order chi connectivity index (χ0) is 11.8. The van der Waals surface area contributed by atoms with Crippen LogP contribution in [0.2, 0.25) is 0 Å². The number of nitrogens with one attached hydrogen (secondary N) is 1. The van der Waals surface area contributed by atoms with Crippen molar-refractivity contribution in [2.45, 2.75) is 6.92 Å². The molecule has 2 aromatic rings. The number of amides is 2. The van der Waals surface area contributed by atoms with Crippen LogP contribution >= 0.6 is 0 Å². The second kappa shape index (κ2) is 6.34. The molecule has 0 aliphatic rings. The van der Waals surface area contributed by atoms with Gasteiger partial charge in [0, 0.05) is 24.3 Å². The van der Waals surface area contributed by atoms with Gasteiger partial charge in [-0.1, -0.05) is 0 Å². The molecule has 0 radical (unpaired) electrons. The van der Waals surface area contributed by atoms with E-state index in [0.29, 0.717) is 6.54 Å². The molecule has 2 amide bonds. The van der Waals surface area contributed by atoms with E-state index >= 15 is 0 Å². The molecule has 84 valence electrons. The first-order valence-electron chi connectivity index (χ1n) is 4.93. The number of fused-ring (bicyclic) bond motifs is 1. The molecule has 0 aromatic carbocycles. The lowest BCUT2D eigenvalue weighted by Gasteiger charge is -1.90. The number of pyridine rings is 2. The Bertz CT molecular complexity index is 393. The van der Waals surface area contributed by atoms with Crippen molar-refractivity contribution in [2.75, 3.05) is 6.54 Å².